The number of aromatic hydroxyl groups is 1. The predicted octanol–water partition coefficient (Wildman–Crippen LogP) is 3.63. The van der Waals surface area contributed by atoms with Gasteiger partial charge in [-0.15, -0.1) is 0 Å². The van der Waals surface area contributed by atoms with E-state index in [1.807, 2.05) is 43.4 Å². The first-order valence-corrected chi connectivity index (χ1v) is 6.27. The van der Waals surface area contributed by atoms with Crippen molar-refractivity contribution in [1.82, 2.24) is 0 Å². The molecule has 0 unspecified atom stereocenters. The quantitative estimate of drug-likeness (QED) is 0.694. The number of anilines is 1. The number of halogens is 1. The van der Waals surface area contributed by atoms with Crippen LogP contribution in [0.15, 0.2) is 58.1 Å². The summed E-state index contributed by atoms with van der Waals surface area (Å²) in [4.78, 5) is 0. The van der Waals surface area contributed by atoms with Gasteiger partial charge in [-0.25, -0.2) is 0 Å². The molecule has 0 aliphatic rings. The van der Waals surface area contributed by atoms with Crippen molar-refractivity contribution < 1.29 is 5.11 Å². The lowest BCUT2D eigenvalue weighted by Crippen LogP contribution is -2.08. The van der Waals surface area contributed by atoms with Crippen LogP contribution in [0.5, 0.6) is 5.75 Å². The Morgan fingerprint density at radius 1 is 1.17 bits per heavy atom. The van der Waals surface area contributed by atoms with Crippen LogP contribution in [0.2, 0.25) is 0 Å². The molecule has 3 nitrogen and oxygen atoms in total. The Morgan fingerprint density at radius 2 is 1.89 bits per heavy atom. The second-order valence-corrected chi connectivity index (χ2v) is 4.72. The second kappa shape index (κ2) is 5.69. The van der Waals surface area contributed by atoms with Crippen molar-refractivity contribution in [3.63, 3.8) is 0 Å². The summed E-state index contributed by atoms with van der Waals surface area (Å²) < 4.78 is 0.907. The molecule has 0 atom stereocenters. The molecule has 0 aliphatic carbocycles. The molecule has 2 aromatic carbocycles. The van der Waals surface area contributed by atoms with E-state index in [0.29, 0.717) is 5.56 Å². The van der Waals surface area contributed by atoms with Crippen molar-refractivity contribution in [3.05, 3.63) is 58.6 Å². The SMILES string of the molecule is CN(/N=C/c1cc(Br)ccc1O)c1ccccc1. The van der Waals surface area contributed by atoms with Crippen LogP contribution in [0, 0.1) is 0 Å². The van der Waals surface area contributed by atoms with Crippen LogP contribution >= 0.6 is 15.9 Å². The lowest BCUT2D eigenvalue weighted by atomic mass is 10.2. The van der Waals surface area contributed by atoms with Gasteiger partial charge in [0.1, 0.15) is 5.75 Å². The molecule has 0 fully saturated rings. The van der Waals surface area contributed by atoms with E-state index in [4.69, 9.17) is 0 Å². The Morgan fingerprint density at radius 3 is 2.61 bits per heavy atom. The van der Waals surface area contributed by atoms with Crippen molar-refractivity contribution in [2.24, 2.45) is 5.10 Å². The Labute approximate surface area is 115 Å². The van der Waals surface area contributed by atoms with Crippen LogP contribution in [-0.2, 0) is 0 Å². The number of rotatable bonds is 3. The summed E-state index contributed by atoms with van der Waals surface area (Å²) in [6.07, 6.45) is 1.63. The van der Waals surface area contributed by atoms with Gasteiger partial charge >= 0.3 is 0 Å². The monoisotopic (exact) mass is 304 g/mol. The molecule has 0 spiro atoms. The standard InChI is InChI=1S/C14H13BrN2O/c1-17(13-5-3-2-4-6-13)16-10-11-9-12(15)7-8-14(11)18/h2-10,18H,1H3/b16-10+. The van der Waals surface area contributed by atoms with Crippen molar-refractivity contribution in [2.75, 3.05) is 12.1 Å². The second-order valence-electron chi connectivity index (χ2n) is 3.81. The minimum Gasteiger partial charge on any atom is -0.507 e. The van der Waals surface area contributed by atoms with Crippen LogP contribution in [0.4, 0.5) is 5.69 Å². The predicted molar refractivity (Wildman–Crippen MR) is 78.2 cm³/mol. The molecule has 0 saturated carbocycles. The number of para-hydroxylation sites is 1. The largest absolute Gasteiger partial charge is 0.507 e. The maximum Gasteiger partial charge on any atom is 0.124 e. The summed E-state index contributed by atoms with van der Waals surface area (Å²) >= 11 is 3.36. The van der Waals surface area contributed by atoms with E-state index in [9.17, 15) is 5.11 Å². The summed E-state index contributed by atoms with van der Waals surface area (Å²) in [5.74, 6) is 0.211. The van der Waals surface area contributed by atoms with Gasteiger partial charge in [0.05, 0.1) is 11.9 Å². The third-order valence-electron chi connectivity index (χ3n) is 2.49. The fourth-order valence-electron chi connectivity index (χ4n) is 1.49. The van der Waals surface area contributed by atoms with Gasteiger partial charge in [-0.05, 0) is 30.3 Å². The molecule has 4 heteroatoms. The zero-order chi connectivity index (χ0) is 13.0. The van der Waals surface area contributed by atoms with Gasteiger partial charge in [0, 0.05) is 17.1 Å². The molecule has 18 heavy (non-hydrogen) atoms. The van der Waals surface area contributed by atoms with E-state index >= 15 is 0 Å². The molecule has 0 aliphatic heterocycles. The van der Waals surface area contributed by atoms with Crippen LogP contribution in [0.1, 0.15) is 5.56 Å². The number of nitrogens with zero attached hydrogens (tertiary/aromatic N) is 2. The van der Waals surface area contributed by atoms with Gasteiger partial charge in [-0.2, -0.15) is 5.10 Å². The van der Waals surface area contributed by atoms with Crippen molar-refractivity contribution in [3.8, 4) is 5.75 Å². The molecule has 0 heterocycles. The van der Waals surface area contributed by atoms with Gasteiger partial charge < -0.3 is 5.11 Å². The number of benzene rings is 2. The fraction of sp³-hybridized carbons (Fsp3) is 0.0714. The highest BCUT2D eigenvalue weighted by Crippen LogP contribution is 2.20. The third-order valence-corrected chi connectivity index (χ3v) is 2.98. The first kappa shape index (κ1) is 12.6. The maximum atomic E-state index is 9.69. The molecule has 1 N–H and O–H groups in total. The van der Waals surface area contributed by atoms with E-state index in [0.717, 1.165) is 10.2 Å². The molecule has 2 aromatic rings. The van der Waals surface area contributed by atoms with Gasteiger partial charge in [-0.3, -0.25) is 5.01 Å². The van der Waals surface area contributed by atoms with E-state index in [-0.39, 0.29) is 5.75 Å². The first-order valence-electron chi connectivity index (χ1n) is 5.48. The number of phenols is 1. The Kier molecular flexibility index (Phi) is 3.99. The van der Waals surface area contributed by atoms with E-state index < -0.39 is 0 Å². The van der Waals surface area contributed by atoms with E-state index in [1.54, 1.807) is 23.4 Å². The van der Waals surface area contributed by atoms with Crippen molar-refractivity contribution in [1.29, 1.82) is 0 Å². The van der Waals surface area contributed by atoms with Gasteiger partial charge in [-0.1, -0.05) is 34.1 Å². The highest BCUT2D eigenvalue weighted by atomic mass is 79.9. The molecule has 0 amide bonds. The van der Waals surface area contributed by atoms with Crippen LogP contribution < -0.4 is 5.01 Å². The number of hydrazone groups is 1. The molecular weight excluding hydrogens is 292 g/mol. The number of hydrogen-bond donors (Lipinski definition) is 1. The fourth-order valence-corrected chi connectivity index (χ4v) is 1.87. The minimum absolute atomic E-state index is 0.211. The van der Waals surface area contributed by atoms with Gasteiger partial charge in [0.15, 0.2) is 0 Å². The minimum atomic E-state index is 0.211. The van der Waals surface area contributed by atoms with Crippen molar-refractivity contribution >= 4 is 27.8 Å². The van der Waals surface area contributed by atoms with Crippen molar-refractivity contribution in [2.45, 2.75) is 0 Å². The van der Waals surface area contributed by atoms with E-state index in [1.165, 1.54) is 0 Å². The topological polar surface area (TPSA) is 35.8 Å². The first-order chi connectivity index (χ1) is 8.66. The highest BCUT2D eigenvalue weighted by Gasteiger charge is 2.00. The van der Waals surface area contributed by atoms with Gasteiger partial charge in [0.25, 0.3) is 0 Å². The zero-order valence-electron chi connectivity index (χ0n) is 9.92. The summed E-state index contributed by atoms with van der Waals surface area (Å²) in [6, 6.07) is 15.0. The maximum absolute atomic E-state index is 9.69. The Balaban J connectivity index is 2.18. The third kappa shape index (κ3) is 3.11. The highest BCUT2D eigenvalue weighted by molar-refractivity contribution is 9.10. The number of phenolic OH excluding ortho intramolecular Hbond substituents is 1. The summed E-state index contributed by atoms with van der Waals surface area (Å²) in [5, 5.41) is 15.7. The van der Waals surface area contributed by atoms with Crippen LogP contribution in [0.25, 0.3) is 0 Å². The average Bonchev–Trinajstić information content (AvgIpc) is 2.40. The summed E-state index contributed by atoms with van der Waals surface area (Å²) in [6.45, 7) is 0. The Hall–Kier alpha value is -1.81. The lowest BCUT2D eigenvalue weighted by Gasteiger charge is -2.12. The molecular formula is C14H13BrN2O. The Bertz CT molecular complexity index is 555. The zero-order valence-corrected chi connectivity index (χ0v) is 11.5. The molecule has 2 rings (SSSR count). The normalized spacial score (nSPS) is 10.8. The molecule has 0 bridgehead atoms. The molecule has 0 saturated heterocycles. The summed E-state index contributed by atoms with van der Waals surface area (Å²) in [5.41, 5.74) is 1.66. The van der Waals surface area contributed by atoms with Gasteiger partial charge in [0.2, 0.25) is 0 Å². The average molecular weight is 305 g/mol. The van der Waals surface area contributed by atoms with Crippen LogP contribution in [-0.4, -0.2) is 18.4 Å². The smallest absolute Gasteiger partial charge is 0.124 e. The van der Waals surface area contributed by atoms with Crippen LogP contribution in [0.3, 0.4) is 0 Å². The lowest BCUT2D eigenvalue weighted by molar-refractivity contribution is 0.474. The molecule has 0 radical (unpaired) electrons. The molecule has 0 aromatic heterocycles. The molecule has 92 valence electrons. The van der Waals surface area contributed by atoms with E-state index in [2.05, 4.69) is 21.0 Å². The number of hydrogen-bond acceptors (Lipinski definition) is 3. The summed E-state index contributed by atoms with van der Waals surface area (Å²) in [7, 11) is 1.86.